The van der Waals surface area contributed by atoms with Crippen LogP contribution in [-0.2, 0) is 13.1 Å². The molecule has 0 bridgehead atoms. The molecule has 1 fully saturated rings. The van der Waals surface area contributed by atoms with Gasteiger partial charge in [-0.2, -0.15) is 0 Å². The fraction of sp³-hybridized carbons (Fsp3) is 0.412. The van der Waals surface area contributed by atoms with Gasteiger partial charge in [0.2, 0.25) is 0 Å². The van der Waals surface area contributed by atoms with Crippen LogP contribution in [-0.4, -0.2) is 33.6 Å². The second-order valence-corrected chi connectivity index (χ2v) is 5.78. The average Bonchev–Trinajstić information content (AvgIpc) is 3.18. The van der Waals surface area contributed by atoms with Crippen molar-refractivity contribution in [2.24, 2.45) is 0 Å². The Morgan fingerprint density at radius 3 is 2.77 bits per heavy atom. The largest absolute Gasteiger partial charge is 0.334 e. The fourth-order valence-electron chi connectivity index (χ4n) is 2.82. The summed E-state index contributed by atoms with van der Waals surface area (Å²) >= 11 is 0. The van der Waals surface area contributed by atoms with E-state index in [-0.39, 0.29) is 6.03 Å². The first-order valence-electron chi connectivity index (χ1n) is 7.81. The molecule has 2 heterocycles. The lowest BCUT2D eigenvalue weighted by Crippen LogP contribution is -2.37. The van der Waals surface area contributed by atoms with Gasteiger partial charge in [-0.3, -0.25) is 0 Å². The van der Waals surface area contributed by atoms with Crippen molar-refractivity contribution >= 4 is 6.03 Å². The Bertz CT molecular complexity index is 644. The number of carbonyl (C=O) groups is 1. The Hall–Kier alpha value is -2.30. The average molecular weight is 298 g/mol. The summed E-state index contributed by atoms with van der Waals surface area (Å²) in [5.74, 6) is 1.01. The Morgan fingerprint density at radius 1 is 1.27 bits per heavy atom. The van der Waals surface area contributed by atoms with E-state index in [1.165, 1.54) is 5.56 Å². The maximum absolute atomic E-state index is 12.0. The van der Waals surface area contributed by atoms with Crippen LogP contribution in [0.15, 0.2) is 36.7 Å². The molecule has 0 radical (unpaired) electrons. The number of nitrogens with one attached hydrogen (secondary N) is 1. The topological polar surface area (TPSA) is 50.2 Å². The van der Waals surface area contributed by atoms with E-state index in [1.807, 2.05) is 30.3 Å². The minimum absolute atomic E-state index is 0.0494. The van der Waals surface area contributed by atoms with Crippen LogP contribution in [0.25, 0.3) is 0 Å². The number of nitrogens with zero attached hydrogens (tertiary/aromatic N) is 3. The van der Waals surface area contributed by atoms with Crippen molar-refractivity contribution in [3.63, 3.8) is 0 Å². The minimum Gasteiger partial charge on any atom is -0.334 e. The molecule has 116 valence electrons. The smallest absolute Gasteiger partial charge is 0.317 e. The van der Waals surface area contributed by atoms with Gasteiger partial charge in [-0.1, -0.05) is 24.3 Å². The fourth-order valence-corrected chi connectivity index (χ4v) is 2.82. The van der Waals surface area contributed by atoms with Crippen molar-refractivity contribution in [2.45, 2.75) is 32.9 Å². The molecule has 1 saturated heterocycles. The first-order valence-corrected chi connectivity index (χ1v) is 7.81. The number of hydrogen-bond acceptors (Lipinski definition) is 2. The van der Waals surface area contributed by atoms with E-state index in [4.69, 9.17) is 0 Å². The van der Waals surface area contributed by atoms with Crippen LogP contribution in [0.1, 0.15) is 29.8 Å². The van der Waals surface area contributed by atoms with E-state index in [0.29, 0.717) is 6.54 Å². The molecule has 0 unspecified atom stereocenters. The molecule has 1 aliphatic heterocycles. The second-order valence-electron chi connectivity index (χ2n) is 5.78. The summed E-state index contributed by atoms with van der Waals surface area (Å²) in [6.07, 6.45) is 6.03. The molecule has 0 spiro atoms. The Labute approximate surface area is 131 Å². The van der Waals surface area contributed by atoms with Gasteiger partial charge in [-0.05, 0) is 30.9 Å². The molecule has 3 rings (SSSR count). The van der Waals surface area contributed by atoms with Crippen LogP contribution in [0.2, 0.25) is 0 Å². The molecular weight excluding hydrogens is 276 g/mol. The number of imidazole rings is 1. The van der Waals surface area contributed by atoms with Gasteiger partial charge in [0.25, 0.3) is 0 Å². The Balaban J connectivity index is 1.59. The molecular formula is C17H22N4O. The van der Waals surface area contributed by atoms with E-state index in [1.54, 1.807) is 0 Å². The van der Waals surface area contributed by atoms with Crippen molar-refractivity contribution in [2.75, 3.05) is 13.1 Å². The molecule has 0 atom stereocenters. The molecule has 0 aliphatic carbocycles. The normalized spacial score (nSPS) is 14.3. The molecule has 1 aromatic heterocycles. The van der Waals surface area contributed by atoms with Gasteiger partial charge in [-0.15, -0.1) is 0 Å². The van der Waals surface area contributed by atoms with Gasteiger partial charge in [0.1, 0.15) is 5.82 Å². The predicted octanol–water partition coefficient (Wildman–Crippen LogP) is 2.55. The summed E-state index contributed by atoms with van der Waals surface area (Å²) < 4.78 is 2.11. The highest BCUT2D eigenvalue weighted by Crippen LogP contribution is 2.10. The zero-order valence-electron chi connectivity index (χ0n) is 13.0. The van der Waals surface area contributed by atoms with Crippen molar-refractivity contribution in [1.82, 2.24) is 19.8 Å². The summed E-state index contributed by atoms with van der Waals surface area (Å²) in [6, 6.07) is 8.39. The first kappa shape index (κ1) is 14.6. The summed E-state index contributed by atoms with van der Waals surface area (Å²) in [5, 5.41) is 3.01. The lowest BCUT2D eigenvalue weighted by Gasteiger charge is -2.16. The highest BCUT2D eigenvalue weighted by Gasteiger charge is 2.17. The summed E-state index contributed by atoms with van der Waals surface area (Å²) in [4.78, 5) is 18.1. The third kappa shape index (κ3) is 3.47. The summed E-state index contributed by atoms with van der Waals surface area (Å²) in [7, 11) is 0. The van der Waals surface area contributed by atoms with Gasteiger partial charge in [0, 0.05) is 38.6 Å². The van der Waals surface area contributed by atoms with Crippen LogP contribution in [0, 0.1) is 6.92 Å². The van der Waals surface area contributed by atoms with E-state index in [2.05, 4.69) is 33.1 Å². The highest BCUT2D eigenvalue weighted by atomic mass is 16.2. The summed E-state index contributed by atoms with van der Waals surface area (Å²) in [6.45, 7) is 5.14. The SMILES string of the molecule is Cc1nccn1Cc1cccc(CNC(=O)N2CCCC2)c1. The number of likely N-dealkylation sites (tertiary alicyclic amines) is 1. The Morgan fingerprint density at radius 2 is 2.05 bits per heavy atom. The van der Waals surface area contributed by atoms with Gasteiger partial charge in [0.05, 0.1) is 0 Å². The number of urea groups is 1. The molecule has 0 saturated carbocycles. The minimum atomic E-state index is 0.0494. The van der Waals surface area contributed by atoms with Crippen molar-refractivity contribution < 1.29 is 4.79 Å². The number of carbonyl (C=O) groups excluding carboxylic acids is 1. The standard InChI is InChI=1S/C17H22N4O/c1-14-18-7-10-21(14)13-16-6-4-5-15(11-16)12-19-17(22)20-8-2-3-9-20/h4-7,10-11H,2-3,8-9,12-13H2,1H3,(H,19,22). The van der Waals surface area contributed by atoms with Crippen LogP contribution in [0.4, 0.5) is 4.79 Å². The third-order valence-electron chi connectivity index (χ3n) is 4.10. The van der Waals surface area contributed by atoms with E-state index < -0.39 is 0 Å². The molecule has 5 heteroatoms. The van der Waals surface area contributed by atoms with Crippen molar-refractivity contribution in [1.29, 1.82) is 0 Å². The van der Waals surface area contributed by atoms with Crippen LogP contribution < -0.4 is 5.32 Å². The van der Waals surface area contributed by atoms with Crippen LogP contribution in [0.5, 0.6) is 0 Å². The molecule has 1 N–H and O–H groups in total. The quantitative estimate of drug-likeness (QED) is 0.943. The monoisotopic (exact) mass is 298 g/mol. The highest BCUT2D eigenvalue weighted by molar-refractivity contribution is 5.74. The van der Waals surface area contributed by atoms with Gasteiger partial charge in [-0.25, -0.2) is 9.78 Å². The molecule has 2 amide bonds. The molecule has 1 aliphatic rings. The number of amides is 2. The number of hydrogen-bond donors (Lipinski definition) is 1. The molecule has 2 aromatic rings. The lowest BCUT2D eigenvalue weighted by atomic mass is 10.1. The number of aryl methyl sites for hydroxylation is 1. The van der Waals surface area contributed by atoms with E-state index in [0.717, 1.165) is 43.9 Å². The molecule has 5 nitrogen and oxygen atoms in total. The predicted molar refractivity (Wildman–Crippen MR) is 85.6 cm³/mol. The molecule has 22 heavy (non-hydrogen) atoms. The van der Waals surface area contributed by atoms with E-state index in [9.17, 15) is 4.79 Å². The zero-order chi connectivity index (χ0) is 15.4. The zero-order valence-corrected chi connectivity index (χ0v) is 13.0. The van der Waals surface area contributed by atoms with Crippen LogP contribution in [0.3, 0.4) is 0 Å². The lowest BCUT2D eigenvalue weighted by molar-refractivity contribution is 0.208. The van der Waals surface area contributed by atoms with E-state index >= 15 is 0 Å². The van der Waals surface area contributed by atoms with Crippen LogP contribution >= 0.6 is 0 Å². The maximum Gasteiger partial charge on any atom is 0.317 e. The van der Waals surface area contributed by atoms with Crippen molar-refractivity contribution in [3.8, 4) is 0 Å². The third-order valence-corrected chi connectivity index (χ3v) is 4.10. The molecule has 1 aromatic carbocycles. The van der Waals surface area contributed by atoms with Crippen molar-refractivity contribution in [3.05, 3.63) is 53.6 Å². The number of aromatic nitrogens is 2. The summed E-state index contributed by atoms with van der Waals surface area (Å²) in [5.41, 5.74) is 2.34. The first-order chi connectivity index (χ1) is 10.7. The number of rotatable bonds is 4. The van der Waals surface area contributed by atoms with Gasteiger partial charge in [0.15, 0.2) is 0 Å². The number of benzene rings is 1. The Kier molecular flexibility index (Phi) is 4.42. The maximum atomic E-state index is 12.0. The second kappa shape index (κ2) is 6.64. The van der Waals surface area contributed by atoms with Gasteiger partial charge < -0.3 is 14.8 Å². The van der Waals surface area contributed by atoms with Gasteiger partial charge >= 0.3 is 6.03 Å².